The van der Waals surface area contributed by atoms with E-state index in [9.17, 15) is 4.79 Å². The lowest BCUT2D eigenvalue weighted by Crippen LogP contribution is -1.97. The third-order valence-electron chi connectivity index (χ3n) is 2.95. The van der Waals surface area contributed by atoms with Crippen LogP contribution in [0.1, 0.15) is 36.2 Å². The molecule has 0 radical (unpaired) electrons. The summed E-state index contributed by atoms with van der Waals surface area (Å²) in [6.07, 6.45) is 4.42. The number of rotatable bonds is 6. The Kier molecular flexibility index (Phi) is 4.34. The van der Waals surface area contributed by atoms with Gasteiger partial charge in [0.2, 0.25) is 0 Å². The van der Waals surface area contributed by atoms with E-state index in [0.29, 0.717) is 12.2 Å². The number of nitrogens with zero attached hydrogens (tertiary/aromatic N) is 1. The molecule has 0 fully saturated rings. The van der Waals surface area contributed by atoms with Crippen LogP contribution in [0, 0.1) is 0 Å². The van der Waals surface area contributed by atoms with Crippen LogP contribution in [0.3, 0.4) is 0 Å². The van der Waals surface area contributed by atoms with E-state index in [-0.39, 0.29) is 0 Å². The molecule has 100 valence electrons. The Balaban J connectivity index is 2.50. The highest BCUT2D eigenvalue weighted by atomic mass is 16.5. The molecule has 0 saturated carbocycles. The van der Waals surface area contributed by atoms with E-state index in [1.54, 1.807) is 0 Å². The molecule has 4 heteroatoms. The molecule has 4 nitrogen and oxygen atoms in total. The summed E-state index contributed by atoms with van der Waals surface area (Å²) in [5, 5.41) is 6.81. The Morgan fingerprint density at radius 2 is 2.21 bits per heavy atom. The van der Waals surface area contributed by atoms with Crippen LogP contribution < -0.4 is 4.74 Å². The summed E-state index contributed by atoms with van der Waals surface area (Å²) in [5.74, 6) is 0.773. The number of aromatic amines is 1. The van der Waals surface area contributed by atoms with Gasteiger partial charge in [0.15, 0.2) is 6.29 Å². The monoisotopic (exact) mass is 258 g/mol. The molecule has 19 heavy (non-hydrogen) atoms. The predicted octanol–water partition coefficient (Wildman–Crippen LogP) is 3.24. The second-order valence-electron chi connectivity index (χ2n) is 4.33. The van der Waals surface area contributed by atoms with Gasteiger partial charge in [0.25, 0.3) is 0 Å². The minimum absolute atomic E-state index is 0.551. The fourth-order valence-corrected chi connectivity index (χ4v) is 2.10. The van der Waals surface area contributed by atoms with Crippen LogP contribution in [0.4, 0.5) is 0 Å². The van der Waals surface area contributed by atoms with Crippen molar-refractivity contribution in [1.82, 2.24) is 10.2 Å². The van der Waals surface area contributed by atoms with E-state index in [1.807, 2.05) is 13.0 Å². The molecular weight excluding hydrogens is 240 g/mol. The average molecular weight is 258 g/mol. The molecule has 0 atom stereocenters. The van der Waals surface area contributed by atoms with Crippen LogP contribution >= 0.6 is 0 Å². The van der Waals surface area contributed by atoms with Gasteiger partial charge in [-0.15, -0.1) is 0 Å². The summed E-state index contributed by atoms with van der Waals surface area (Å²) >= 11 is 0. The van der Waals surface area contributed by atoms with Gasteiger partial charge in [-0.1, -0.05) is 19.4 Å². The number of H-pyrrole nitrogens is 1. The van der Waals surface area contributed by atoms with E-state index < -0.39 is 0 Å². The summed E-state index contributed by atoms with van der Waals surface area (Å²) in [4.78, 5) is 11.0. The molecule has 0 spiro atoms. The summed E-state index contributed by atoms with van der Waals surface area (Å²) in [5.41, 5.74) is 3.39. The molecule has 0 unspecified atom stereocenters. The standard InChI is InChI=1S/C15H18N2O2/c1-3-5-11-6-7-14(19-4-2)13(8-11)15-12(10-18)9-16-17-15/h6-10H,3-5H2,1-2H3,(H,16,17). The van der Waals surface area contributed by atoms with E-state index >= 15 is 0 Å². The molecule has 0 saturated heterocycles. The smallest absolute Gasteiger partial charge is 0.153 e. The Labute approximate surface area is 112 Å². The van der Waals surface area contributed by atoms with Gasteiger partial charge >= 0.3 is 0 Å². The number of nitrogens with one attached hydrogen (secondary N) is 1. The van der Waals surface area contributed by atoms with Crippen molar-refractivity contribution in [3.63, 3.8) is 0 Å². The first-order chi connectivity index (χ1) is 9.30. The lowest BCUT2D eigenvalue weighted by atomic mass is 10.0. The first kappa shape index (κ1) is 13.3. The number of ether oxygens (including phenoxy) is 1. The summed E-state index contributed by atoms with van der Waals surface area (Å²) < 4.78 is 5.63. The Bertz CT molecular complexity index is 561. The highest BCUT2D eigenvalue weighted by Crippen LogP contribution is 2.31. The molecule has 1 aromatic heterocycles. The van der Waals surface area contributed by atoms with Crippen molar-refractivity contribution < 1.29 is 9.53 Å². The van der Waals surface area contributed by atoms with Crippen LogP contribution in [0.5, 0.6) is 5.75 Å². The van der Waals surface area contributed by atoms with Gasteiger partial charge in [-0.2, -0.15) is 5.10 Å². The Hall–Kier alpha value is -2.10. The molecule has 0 aliphatic heterocycles. The SMILES string of the molecule is CCCc1ccc(OCC)c(-c2[nH]ncc2C=O)c1. The number of benzene rings is 1. The van der Waals surface area contributed by atoms with E-state index in [4.69, 9.17) is 4.74 Å². The molecule has 0 aliphatic rings. The minimum Gasteiger partial charge on any atom is -0.493 e. The molecule has 2 rings (SSSR count). The van der Waals surface area contributed by atoms with Crippen LogP contribution in [0.15, 0.2) is 24.4 Å². The zero-order chi connectivity index (χ0) is 13.7. The normalized spacial score (nSPS) is 10.4. The number of carbonyl (C=O) groups is 1. The quantitative estimate of drug-likeness (QED) is 0.809. The molecule has 0 aliphatic carbocycles. The minimum atomic E-state index is 0.551. The van der Waals surface area contributed by atoms with E-state index in [2.05, 4.69) is 29.3 Å². The third-order valence-corrected chi connectivity index (χ3v) is 2.95. The van der Waals surface area contributed by atoms with Gasteiger partial charge in [0.05, 0.1) is 24.1 Å². The molecule has 0 amide bonds. The molecular formula is C15H18N2O2. The number of hydrogen-bond donors (Lipinski definition) is 1. The fourth-order valence-electron chi connectivity index (χ4n) is 2.10. The van der Waals surface area contributed by atoms with Gasteiger partial charge in [0.1, 0.15) is 5.75 Å². The number of aldehydes is 1. The van der Waals surface area contributed by atoms with Crippen molar-refractivity contribution in [1.29, 1.82) is 0 Å². The van der Waals surface area contributed by atoms with Crippen molar-refractivity contribution in [3.8, 4) is 17.0 Å². The molecule has 1 N–H and O–H groups in total. The molecule has 1 heterocycles. The van der Waals surface area contributed by atoms with Crippen LogP contribution in [0.2, 0.25) is 0 Å². The van der Waals surface area contributed by atoms with Crippen molar-refractivity contribution in [2.45, 2.75) is 26.7 Å². The maximum Gasteiger partial charge on any atom is 0.153 e. The highest BCUT2D eigenvalue weighted by molar-refractivity contribution is 5.87. The first-order valence-corrected chi connectivity index (χ1v) is 6.54. The highest BCUT2D eigenvalue weighted by Gasteiger charge is 2.13. The van der Waals surface area contributed by atoms with Crippen molar-refractivity contribution in [3.05, 3.63) is 35.5 Å². The summed E-state index contributed by atoms with van der Waals surface area (Å²) in [6.45, 7) is 4.67. The number of aryl methyl sites for hydroxylation is 1. The Morgan fingerprint density at radius 1 is 1.37 bits per heavy atom. The van der Waals surface area contributed by atoms with Crippen molar-refractivity contribution in [2.24, 2.45) is 0 Å². The van der Waals surface area contributed by atoms with Crippen LogP contribution in [-0.4, -0.2) is 23.1 Å². The predicted molar refractivity (Wildman–Crippen MR) is 74.6 cm³/mol. The van der Waals surface area contributed by atoms with Crippen molar-refractivity contribution >= 4 is 6.29 Å². The lowest BCUT2D eigenvalue weighted by Gasteiger charge is -2.11. The lowest BCUT2D eigenvalue weighted by molar-refractivity contribution is 0.112. The maximum absolute atomic E-state index is 11.0. The largest absolute Gasteiger partial charge is 0.493 e. The van der Waals surface area contributed by atoms with Crippen molar-refractivity contribution in [2.75, 3.05) is 6.61 Å². The van der Waals surface area contributed by atoms with Gasteiger partial charge < -0.3 is 4.74 Å². The van der Waals surface area contributed by atoms with E-state index in [0.717, 1.165) is 36.1 Å². The Morgan fingerprint density at radius 3 is 2.89 bits per heavy atom. The number of aromatic nitrogens is 2. The number of carbonyl (C=O) groups excluding carboxylic acids is 1. The van der Waals surface area contributed by atoms with Crippen LogP contribution in [-0.2, 0) is 6.42 Å². The van der Waals surface area contributed by atoms with E-state index in [1.165, 1.54) is 11.8 Å². The summed E-state index contributed by atoms with van der Waals surface area (Å²) in [7, 11) is 0. The van der Waals surface area contributed by atoms with Gasteiger partial charge in [-0.05, 0) is 31.0 Å². The summed E-state index contributed by atoms with van der Waals surface area (Å²) in [6, 6.07) is 6.09. The zero-order valence-electron chi connectivity index (χ0n) is 11.3. The van der Waals surface area contributed by atoms with Gasteiger partial charge in [-0.3, -0.25) is 9.89 Å². The fraction of sp³-hybridized carbons (Fsp3) is 0.333. The molecule has 1 aromatic carbocycles. The molecule has 0 bridgehead atoms. The zero-order valence-corrected chi connectivity index (χ0v) is 11.3. The maximum atomic E-state index is 11.0. The number of hydrogen-bond acceptors (Lipinski definition) is 3. The van der Waals surface area contributed by atoms with Crippen LogP contribution in [0.25, 0.3) is 11.3 Å². The third kappa shape index (κ3) is 2.84. The topological polar surface area (TPSA) is 55.0 Å². The second-order valence-corrected chi connectivity index (χ2v) is 4.33. The molecule has 2 aromatic rings. The van der Waals surface area contributed by atoms with Gasteiger partial charge in [-0.25, -0.2) is 0 Å². The second kappa shape index (κ2) is 6.18. The first-order valence-electron chi connectivity index (χ1n) is 6.54. The van der Waals surface area contributed by atoms with Gasteiger partial charge in [0, 0.05) is 5.56 Å². The average Bonchev–Trinajstić information content (AvgIpc) is 2.89.